The first-order valence-corrected chi connectivity index (χ1v) is 6.77. The van der Waals surface area contributed by atoms with Gasteiger partial charge >= 0.3 is 0 Å². The third-order valence-electron chi connectivity index (χ3n) is 2.84. The molecule has 1 aliphatic heterocycles. The van der Waals surface area contributed by atoms with Gasteiger partial charge in [-0.15, -0.1) is 0 Å². The zero-order chi connectivity index (χ0) is 10.4. The molecule has 0 radical (unpaired) electrons. The maximum Gasteiger partial charge on any atom is 0.222 e. The van der Waals surface area contributed by atoms with E-state index in [0.717, 1.165) is 18.3 Å². The Balaban J connectivity index is 2.55. The van der Waals surface area contributed by atoms with Gasteiger partial charge in [-0.25, -0.2) is 0 Å². The van der Waals surface area contributed by atoms with Crippen LogP contribution in [0.1, 0.15) is 45.4 Å². The van der Waals surface area contributed by atoms with Crippen LogP contribution >= 0.6 is 15.9 Å². The highest BCUT2D eigenvalue weighted by molar-refractivity contribution is 9.09. The van der Waals surface area contributed by atoms with Gasteiger partial charge in [0.25, 0.3) is 0 Å². The van der Waals surface area contributed by atoms with Crippen molar-refractivity contribution in [2.75, 3.05) is 11.9 Å². The van der Waals surface area contributed by atoms with E-state index in [9.17, 15) is 4.79 Å². The summed E-state index contributed by atoms with van der Waals surface area (Å²) in [7, 11) is 0. The topological polar surface area (TPSA) is 20.3 Å². The van der Waals surface area contributed by atoms with Crippen LogP contribution in [-0.2, 0) is 4.79 Å². The van der Waals surface area contributed by atoms with E-state index in [2.05, 4.69) is 27.8 Å². The van der Waals surface area contributed by atoms with Crippen molar-refractivity contribution < 1.29 is 4.79 Å². The van der Waals surface area contributed by atoms with Crippen molar-refractivity contribution in [1.29, 1.82) is 0 Å². The van der Waals surface area contributed by atoms with E-state index in [1.807, 2.05) is 0 Å². The normalized spacial score (nSPS) is 23.3. The lowest BCUT2D eigenvalue weighted by Gasteiger charge is -2.28. The van der Waals surface area contributed by atoms with Crippen LogP contribution in [0.3, 0.4) is 0 Å². The van der Waals surface area contributed by atoms with Gasteiger partial charge in [-0.05, 0) is 19.3 Å². The summed E-state index contributed by atoms with van der Waals surface area (Å²) in [5.74, 6) is 0.346. The number of rotatable bonds is 3. The molecule has 0 aliphatic carbocycles. The van der Waals surface area contributed by atoms with Crippen LogP contribution in [0.2, 0.25) is 0 Å². The minimum absolute atomic E-state index is 0.346. The van der Waals surface area contributed by atoms with Crippen LogP contribution in [0.15, 0.2) is 0 Å². The van der Waals surface area contributed by atoms with Crippen molar-refractivity contribution in [1.82, 2.24) is 4.90 Å². The fourth-order valence-corrected chi connectivity index (χ4v) is 2.70. The zero-order valence-corrected chi connectivity index (χ0v) is 10.6. The number of nitrogens with zero attached hydrogens (tertiary/aromatic N) is 1. The SMILES string of the molecule is CCCC(=O)N1CCCCCC1CBr. The number of amides is 1. The summed E-state index contributed by atoms with van der Waals surface area (Å²) in [6.45, 7) is 3.04. The number of hydrogen-bond acceptors (Lipinski definition) is 1. The first kappa shape index (κ1) is 12.0. The molecule has 1 unspecified atom stereocenters. The lowest BCUT2D eigenvalue weighted by atomic mass is 10.1. The van der Waals surface area contributed by atoms with Crippen LogP contribution in [0.25, 0.3) is 0 Å². The van der Waals surface area contributed by atoms with Crippen molar-refractivity contribution in [3.8, 4) is 0 Å². The smallest absolute Gasteiger partial charge is 0.222 e. The van der Waals surface area contributed by atoms with E-state index in [1.54, 1.807) is 0 Å². The molecule has 3 heteroatoms. The average molecular weight is 262 g/mol. The first-order valence-electron chi connectivity index (χ1n) is 5.65. The molecule has 0 aromatic carbocycles. The van der Waals surface area contributed by atoms with E-state index >= 15 is 0 Å². The van der Waals surface area contributed by atoms with Gasteiger partial charge in [0.15, 0.2) is 0 Å². The molecule has 0 saturated carbocycles. The summed E-state index contributed by atoms with van der Waals surface area (Å²) >= 11 is 3.51. The summed E-state index contributed by atoms with van der Waals surface area (Å²) in [5, 5.41) is 0.933. The van der Waals surface area contributed by atoms with Crippen LogP contribution in [0.5, 0.6) is 0 Å². The Kier molecular flexibility index (Phi) is 5.53. The van der Waals surface area contributed by atoms with E-state index in [1.165, 1.54) is 25.7 Å². The van der Waals surface area contributed by atoms with Crippen molar-refractivity contribution in [2.45, 2.75) is 51.5 Å². The Labute approximate surface area is 95.2 Å². The summed E-state index contributed by atoms with van der Waals surface area (Å²) < 4.78 is 0. The molecule has 1 fully saturated rings. The monoisotopic (exact) mass is 261 g/mol. The Morgan fingerprint density at radius 2 is 2.21 bits per heavy atom. The molecule has 82 valence electrons. The van der Waals surface area contributed by atoms with Crippen LogP contribution < -0.4 is 0 Å². The van der Waals surface area contributed by atoms with E-state index in [-0.39, 0.29) is 0 Å². The van der Waals surface area contributed by atoms with Crippen molar-refractivity contribution in [3.05, 3.63) is 0 Å². The van der Waals surface area contributed by atoms with Gasteiger partial charge in [0, 0.05) is 24.3 Å². The lowest BCUT2D eigenvalue weighted by Crippen LogP contribution is -2.40. The zero-order valence-electron chi connectivity index (χ0n) is 8.97. The molecule has 1 amide bonds. The van der Waals surface area contributed by atoms with Gasteiger partial charge in [0.05, 0.1) is 0 Å². The molecule has 0 aromatic rings. The molecular weight excluding hydrogens is 242 g/mol. The van der Waals surface area contributed by atoms with Crippen LogP contribution in [0, 0.1) is 0 Å². The average Bonchev–Trinajstić information content (AvgIpc) is 2.42. The standard InChI is InChI=1S/C11H20BrNO/c1-2-6-11(14)13-8-5-3-4-7-10(13)9-12/h10H,2-9H2,1H3. The number of alkyl halides is 1. The van der Waals surface area contributed by atoms with Gasteiger partial charge in [-0.1, -0.05) is 35.7 Å². The van der Waals surface area contributed by atoms with Crippen LogP contribution in [0.4, 0.5) is 0 Å². The molecule has 1 heterocycles. The summed E-state index contributed by atoms with van der Waals surface area (Å²) in [6.07, 6.45) is 6.57. The minimum atomic E-state index is 0.346. The minimum Gasteiger partial charge on any atom is -0.339 e. The maximum absolute atomic E-state index is 11.8. The molecule has 1 atom stereocenters. The number of carbonyl (C=O) groups is 1. The van der Waals surface area contributed by atoms with E-state index in [0.29, 0.717) is 18.4 Å². The largest absolute Gasteiger partial charge is 0.339 e. The maximum atomic E-state index is 11.8. The lowest BCUT2D eigenvalue weighted by molar-refractivity contribution is -0.133. The predicted molar refractivity (Wildman–Crippen MR) is 62.7 cm³/mol. The molecule has 0 aromatic heterocycles. The fraction of sp³-hybridized carbons (Fsp3) is 0.909. The fourth-order valence-electron chi connectivity index (χ4n) is 2.02. The van der Waals surface area contributed by atoms with Gasteiger partial charge in [-0.2, -0.15) is 0 Å². The summed E-state index contributed by atoms with van der Waals surface area (Å²) in [6, 6.07) is 0.441. The van der Waals surface area contributed by atoms with E-state index in [4.69, 9.17) is 0 Å². The van der Waals surface area contributed by atoms with Crippen molar-refractivity contribution in [2.24, 2.45) is 0 Å². The Morgan fingerprint density at radius 1 is 1.43 bits per heavy atom. The summed E-state index contributed by atoms with van der Waals surface area (Å²) in [4.78, 5) is 13.9. The molecule has 0 bridgehead atoms. The highest BCUT2D eigenvalue weighted by Gasteiger charge is 2.23. The second-order valence-electron chi connectivity index (χ2n) is 3.99. The molecule has 2 nitrogen and oxygen atoms in total. The molecule has 1 rings (SSSR count). The Morgan fingerprint density at radius 3 is 2.86 bits per heavy atom. The van der Waals surface area contributed by atoms with Crippen molar-refractivity contribution >= 4 is 21.8 Å². The Hall–Kier alpha value is -0.0500. The predicted octanol–water partition coefficient (Wildman–Crippen LogP) is 2.95. The third kappa shape index (κ3) is 3.26. The third-order valence-corrected chi connectivity index (χ3v) is 3.59. The second-order valence-corrected chi connectivity index (χ2v) is 4.64. The van der Waals surface area contributed by atoms with Crippen LogP contribution in [-0.4, -0.2) is 28.7 Å². The number of carbonyl (C=O) groups excluding carboxylic acids is 1. The van der Waals surface area contributed by atoms with Gasteiger partial charge in [-0.3, -0.25) is 4.79 Å². The number of likely N-dealkylation sites (tertiary alicyclic amines) is 1. The van der Waals surface area contributed by atoms with Gasteiger partial charge in [0.2, 0.25) is 5.91 Å². The molecule has 1 aliphatic rings. The van der Waals surface area contributed by atoms with Crippen molar-refractivity contribution in [3.63, 3.8) is 0 Å². The Bertz CT molecular complexity index is 184. The second kappa shape index (κ2) is 6.44. The molecule has 0 spiro atoms. The molecule has 0 N–H and O–H groups in total. The van der Waals surface area contributed by atoms with Gasteiger partial charge in [0.1, 0.15) is 0 Å². The summed E-state index contributed by atoms with van der Waals surface area (Å²) in [5.41, 5.74) is 0. The highest BCUT2D eigenvalue weighted by atomic mass is 79.9. The highest BCUT2D eigenvalue weighted by Crippen LogP contribution is 2.19. The number of hydrogen-bond donors (Lipinski definition) is 0. The molecule has 14 heavy (non-hydrogen) atoms. The number of halogens is 1. The molecular formula is C11H20BrNO. The molecule has 1 saturated heterocycles. The van der Waals surface area contributed by atoms with E-state index < -0.39 is 0 Å². The first-order chi connectivity index (χ1) is 6.79. The quantitative estimate of drug-likeness (QED) is 0.716. The van der Waals surface area contributed by atoms with Gasteiger partial charge < -0.3 is 4.90 Å².